The Bertz CT molecular complexity index is 778. The first-order chi connectivity index (χ1) is 12.3. The van der Waals surface area contributed by atoms with Gasteiger partial charge in [0.15, 0.2) is 0 Å². The van der Waals surface area contributed by atoms with Crippen molar-refractivity contribution in [1.82, 2.24) is 9.97 Å². The first-order valence-corrected chi connectivity index (χ1v) is 8.30. The molecule has 0 aliphatic rings. The highest BCUT2D eigenvalue weighted by Crippen LogP contribution is 2.21. The molecular weight excluding hydrogens is 312 g/mol. The second-order valence-corrected chi connectivity index (χ2v) is 5.59. The van der Waals surface area contributed by atoms with Crippen molar-refractivity contribution in [1.29, 1.82) is 0 Å². The van der Waals surface area contributed by atoms with Crippen molar-refractivity contribution in [3.63, 3.8) is 0 Å². The summed E-state index contributed by atoms with van der Waals surface area (Å²) >= 11 is 0. The van der Waals surface area contributed by atoms with Crippen molar-refractivity contribution in [3.05, 3.63) is 72.3 Å². The van der Waals surface area contributed by atoms with Crippen LogP contribution in [-0.4, -0.2) is 30.2 Å². The summed E-state index contributed by atoms with van der Waals surface area (Å²) in [6, 6.07) is 22.3. The summed E-state index contributed by atoms with van der Waals surface area (Å²) in [5.41, 5.74) is 3.12. The Hall–Kier alpha value is -2.92. The molecule has 0 atom stereocenters. The molecule has 0 saturated carbocycles. The van der Waals surface area contributed by atoms with Crippen LogP contribution in [0.4, 0.5) is 11.8 Å². The average molecular weight is 334 g/mol. The smallest absolute Gasteiger partial charge is 0.225 e. The summed E-state index contributed by atoms with van der Waals surface area (Å²) in [4.78, 5) is 9.21. The number of hydrogen-bond donors (Lipinski definition) is 2. The van der Waals surface area contributed by atoms with Gasteiger partial charge in [0.1, 0.15) is 5.82 Å². The summed E-state index contributed by atoms with van der Waals surface area (Å²) < 4.78 is 5.09. The van der Waals surface area contributed by atoms with E-state index in [1.165, 1.54) is 5.56 Å². The number of benzene rings is 2. The summed E-state index contributed by atoms with van der Waals surface area (Å²) in [6.45, 7) is 1.99. The minimum atomic E-state index is 0.602. The van der Waals surface area contributed by atoms with Crippen LogP contribution >= 0.6 is 0 Å². The lowest BCUT2D eigenvalue weighted by molar-refractivity contribution is 0.210. The third-order valence-electron chi connectivity index (χ3n) is 3.70. The van der Waals surface area contributed by atoms with Crippen LogP contribution in [0.5, 0.6) is 0 Å². The zero-order valence-corrected chi connectivity index (χ0v) is 14.3. The molecule has 0 aliphatic heterocycles. The highest BCUT2D eigenvalue weighted by molar-refractivity contribution is 5.64. The normalized spacial score (nSPS) is 10.4. The predicted molar refractivity (Wildman–Crippen MR) is 102 cm³/mol. The fraction of sp³-hybridized carbons (Fsp3) is 0.200. The zero-order chi connectivity index (χ0) is 17.3. The highest BCUT2D eigenvalue weighted by Gasteiger charge is 2.06. The second kappa shape index (κ2) is 8.80. The molecule has 3 rings (SSSR count). The summed E-state index contributed by atoms with van der Waals surface area (Å²) in [6.07, 6.45) is 0. The first kappa shape index (κ1) is 16.9. The number of rotatable bonds is 8. The molecule has 1 aromatic heterocycles. The molecule has 5 nitrogen and oxygen atoms in total. The maximum Gasteiger partial charge on any atom is 0.225 e. The van der Waals surface area contributed by atoms with Crippen LogP contribution in [0.25, 0.3) is 11.3 Å². The number of hydrogen-bond acceptors (Lipinski definition) is 5. The van der Waals surface area contributed by atoms with Crippen LogP contribution in [0, 0.1) is 0 Å². The van der Waals surface area contributed by atoms with Crippen LogP contribution in [0.2, 0.25) is 0 Å². The van der Waals surface area contributed by atoms with Gasteiger partial charge in [-0.2, -0.15) is 4.98 Å². The summed E-state index contributed by atoms with van der Waals surface area (Å²) in [5.74, 6) is 1.38. The molecule has 25 heavy (non-hydrogen) atoms. The summed E-state index contributed by atoms with van der Waals surface area (Å²) in [5, 5.41) is 6.59. The molecule has 0 fully saturated rings. The fourth-order valence-corrected chi connectivity index (χ4v) is 2.43. The lowest BCUT2D eigenvalue weighted by Gasteiger charge is -2.11. The molecule has 0 radical (unpaired) electrons. The van der Waals surface area contributed by atoms with E-state index < -0.39 is 0 Å². The monoisotopic (exact) mass is 334 g/mol. The molecule has 0 unspecified atom stereocenters. The Morgan fingerprint density at radius 1 is 0.880 bits per heavy atom. The summed E-state index contributed by atoms with van der Waals surface area (Å²) in [7, 11) is 1.68. The first-order valence-electron chi connectivity index (χ1n) is 8.30. The molecule has 2 N–H and O–H groups in total. The Kier molecular flexibility index (Phi) is 5.96. The van der Waals surface area contributed by atoms with Crippen LogP contribution in [-0.2, 0) is 11.3 Å². The van der Waals surface area contributed by atoms with Crippen LogP contribution in [0.15, 0.2) is 66.7 Å². The molecular formula is C20H22N4O. The van der Waals surface area contributed by atoms with Gasteiger partial charge in [-0.15, -0.1) is 0 Å². The van der Waals surface area contributed by atoms with Gasteiger partial charge in [0.05, 0.1) is 12.3 Å². The molecule has 2 aromatic carbocycles. The molecule has 1 heterocycles. The van der Waals surface area contributed by atoms with Crippen LogP contribution in [0.1, 0.15) is 5.56 Å². The van der Waals surface area contributed by atoms with Gasteiger partial charge in [-0.3, -0.25) is 0 Å². The van der Waals surface area contributed by atoms with Gasteiger partial charge in [-0.05, 0) is 5.56 Å². The second-order valence-electron chi connectivity index (χ2n) is 5.59. The van der Waals surface area contributed by atoms with Crippen molar-refractivity contribution in [3.8, 4) is 11.3 Å². The van der Waals surface area contributed by atoms with Gasteiger partial charge in [-0.1, -0.05) is 60.7 Å². The van der Waals surface area contributed by atoms with E-state index >= 15 is 0 Å². The van der Waals surface area contributed by atoms with Gasteiger partial charge in [-0.25, -0.2) is 4.98 Å². The van der Waals surface area contributed by atoms with E-state index in [1.807, 2.05) is 54.6 Å². The third kappa shape index (κ3) is 5.02. The Morgan fingerprint density at radius 3 is 2.32 bits per heavy atom. The van der Waals surface area contributed by atoms with E-state index in [-0.39, 0.29) is 0 Å². The number of anilines is 2. The van der Waals surface area contributed by atoms with Crippen molar-refractivity contribution >= 4 is 11.8 Å². The maximum absolute atomic E-state index is 5.09. The van der Waals surface area contributed by atoms with Gasteiger partial charge < -0.3 is 15.4 Å². The average Bonchev–Trinajstić information content (AvgIpc) is 2.68. The maximum atomic E-state index is 5.09. The quantitative estimate of drug-likeness (QED) is 0.613. The molecule has 0 bridgehead atoms. The molecule has 128 valence electrons. The Labute approximate surface area is 148 Å². The molecule has 0 spiro atoms. The number of methoxy groups -OCH3 is 1. The Morgan fingerprint density at radius 2 is 1.60 bits per heavy atom. The van der Waals surface area contributed by atoms with E-state index in [2.05, 4.69) is 32.7 Å². The SMILES string of the molecule is COCCNc1cc(-c2ccccc2)nc(NCc2ccccc2)n1. The van der Waals surface area contributed by atoms with Gasteiger partial charge in [0, 0.05) is 31.8 Å². The van der Waals surface area contributed by atoms with Crippen LogP contribution < -0.4 is 10.6 Å². The fourth-order valence-electron chi connectivity index (χ4n) is 2.43. The van der Waals surface area contributed by atoms with E-state index in [1.54, 1.807) is 7.11 Å². The van der Waals surface area contributed by atoms with Crippen molar-refractivity contribution in [2.45, 2.75) is 6.54 Å². The van der Waals surface area contributed by atoms with Gasteiger partial charge >= 0.3 is 0 Å². The third-order valence-corrected chi connectivity index (χ3v) is 3.70. The number of ether oxygens (including phenoxy) is 1. The Balaban J connectivity index is 1.81. The number of nitrogens with one attached hydrogen (secondary N) is 2. The predicted octanol–water partition coefficient (Wildman–Crippen LogP) is 3.81. The number of aromatic nitrogens is 2. The largest absolute Gasteiger partial charge is 0.383 e. The standard InChI is InChI=1S/C20H22N4O/c1-25-13-12-21-19-14-18(17-10-6-3-7-11-17)23-20(24-19)22-15-16-8-4-2-5-9-16/h2-11,14H,12-13,15H2,1H3,(H2,21,22,23,24). The topological polar surface area (TPSA) is 59.1 Å². The molecule has 5 heteroatoms. The minimum Gasteiger partial charge on any atom is -0.383 e. The van der Waals surface area contributed by atoms with E-state index in [0.717, 1.165) is 17.1 Å². The van der Waals surface area contributed by atoms with Crippen LogP contribution in [0.3, 0.4) is 0 Å². The van der Waals surface area contributed by atoms with E-state index in [9.17, 15) is 0 Å². The van der Waals surface area contributed by atoms with Gasteiger partial charge in [0.2, 0.25) is 5.95 Å². The molecule has 3 aromatic rings. The van der Waals surface area contributed by atoms with Crippen molar-refractivity contribution < 1.29 is 4.74 Å². The van der Waals surface area contributed by atoms with E-state index in [0.29, 0.717) is 25.6 Å². The molecule has 0 amide bonds. The van der Waals surface area contributed by atoms with E-state index in [4.69, 9.17) is 4.74 Å². The molecule has 0 saturated heterocycles. The van der Waals surface area contributed by atoms with Crippen molar-refractivity contribution in [2.24, 2.45) is 0 Å². The lowest BCUT2D eigenvalue weighted by Crippen LogP contribution is -2.11. The lowest BCUT2D eigenvalue weighted by atomic mass is 10.1. The number of nitrogens with zero attached hydrogens (tertiary/aromatic N) is 2. The minimum absolute atomic E-state index is 0.602. The van der Waals surface area contributed by atoms with Crippen molar-refractivity contribution in [2.75, 3.05) is 30.9 Å². The van der Waals surface area contributed by atoms with Gasteiger partial charge in [0.25, 0.3) is 0 Å². The highest BCUT2D eigenvalue weighted by atomic mass is 16.5. The zero-order valence-electron chi connectivity index (χ0n) is 14.3. The molecule has 0 aliphatic carbocycles.